The number of nitrogens with one attached hydrogen (secondary N) is 1. The molecule has 1 aromatic carbocycles. The van der Waals surface area contributed by atoms with Crippen molar-refractivity contribution >= 4 is 17.2 Å². The lowest BCUT2D eigenvalue weighted by Crippen LogP contribution is -2.31. The van der Waals surface area contributed by atoms with Crippen LogP contribution in [0.3, 0.4) is 0 Å². The molecule has 0 saturated heterocycles. The van der Waals surface area contributed by atoms with Crippen LogP contribution in [-0.4, -0.2) is 12.5 Å². The molecule has 3 N–H and O–H groups in total. The van der Waals surface area contributed by atoms with E-state index in [-0.39, 0.29) is 11.9 Å². The number of hydrogen-bond acceptors (Lipinski definition) is 3. The molecule has 3 nitrogen and oxygen atoms in total. The van der Waals surface area contributed by atoms with Crippen LogP contribution in [0.15, 0.2) is 47.2 Å². The number of aryl methyl sites for hydroxylation is 1. The van der Waals surface area contributed by atoms with Crippen LogP contribution in [0.1, 0.15) is 23.6 Å². The molecule has 1 atom stereocenters. The van der Waals surface area contributed by atoms with Crippen molar-refractivity contribution in [1.29, 1.82) is 0 Å². The molecule has 0 saturated carbocycles. The Hall–Kier alpha value is -1.65. The van der Waals surface area contributed by atoms with Crippen molar-refractivity contribution < 1.29 is 4.79 Å². The normalized spacial score (nSPS) is 12.1. The second kappa shape index (κ2) is 7.07. The van der Waals surface area contributed by atoms with Gasteiger partial charge in [-0.3, -0.25) is 4.79 Å². The summed E-state index contributed by atoms with van der Waals surface area (Å²) >= 11 is 1.66. The maximum Gasteiger partial charge on any atom is 0.220 e. The topological polar surface area (TPSA) is 55.1 Å². The fourth-order valence-corrected chi connectivity index (χ4v) is 2.53. The Morgan fingerprint density at radius 1 is 1.26 bits per heavy atom. The molecule has 2 aromatic rings. The van der Waals surface area contributed by atoms with Gasteiger partial charge in [0.2, 0.25) is 5.91 Å². The summed E-state index contributed by atoms with van der Waals surface area (Å²) in [6.07, 6.45) is 1.30. The van der Waals surface area contributed by atoms with E-state index in [0.29, 0.717) is 13.0 Å². The van der Waals surface area contributed by atoms with E-state index >= 15 is 0 Å². The van der Waals surface area contributed by atoms with Gasteiger partial charge in [0.1, 0.15) is 0 Å². The van der Waals surface area contributed by atoms with Crippen molar-refractivity contribution in [2.24, 2.45) is 5.73 Å². The second-order valence-corrected chi connectivity index (χ2v) is 5.23. The second-order valence-electron chi connectivity index (χ2n) is 4.45. The minimum absolute atomic E-state index is 0.0533. The number of amides is 1. The molecule has 2 rings (SSSR count). The summed E-state index contributed by atoms with van der Waals surface area (Å²) in [5.74, 6) is 0.0533. The SMILES string of the molecule is NC(CNC(=O)CCc1ccsc1)c1ccccc1. The van der Waals surface area contributed by atoms with E-state index in [4.69, 9.17) is 5.73 Å². The first-order chi connectivity index (χ1) is 9.25. The molecule has 0 radical (unpaired) electrons. The number of carbonyl (C=O) groups is 1. The highest BCUT2D eigenvalue weighted by Crippen LogP contribution is 2.09. The first-order valence-corrected chi connectivity index (χ1v) is 7.28. The molecule has 0 fully saturated rings. The molecular weight excluding hydrogens is 256 g/mol. The number of carbonyl (C=O) groups excluding carboxylic acids is 1. The average Bonchev–Trinajstić information content (AvgIpc) is 2.96. The van der Waals surface area contributed by atoms with Crippen LogP contribution < -0.4 is 11.1 Å². The third-order valence-corrected chi connectivity index (χ3v) is 3.70. The highest BCUT2D eigenvalue weighted by atomic mass is 32.1. The van der Waals surface area contributed by atoms with Crippen LogP contribution in [0.2, 0.25) is 0 Å². The van der Waals surface area contributed by atoms with Gasteiger partial charge in [-0.15, -0.1) is 0 Å². The van der Waals surface area contributed by atoms with Crippen LogP contribution >= 0.6 is 11.3 Å². The van der Waals surface area contributed by atoms with Crippen molar-refractivity contribution in [3.8, 4) is 0 Å². The Balaban J connectivity index is 1.71. The first-order valence-electron chi connectivity index (χ1n) is 6.34. The van der Waals surface area contributed by atoms with Gasteiger partial charge in [0.05, 0.1) is 0 Å². The Kier molecular flexibility index (Phi) is 5.12. The van der Waals surface area contributed by atoms with E-state index in [1.807, 2.05) is 41.8 Å². The van der Waals surface area contributed by atoms with Crippen molar-refractivity contribution in [3.63, 3.8) is 0 Å². The minimum Gasteiger partial charge on any atom is -0.354 e. The third kappa shape index (κ3) is 4.50. The molecule has 0 bridgehead atoms. The highest BCUT2D eigenvalue weighted by molar-refractivity contribution is 7.07. The molecule has 0 aliphatic carbocycles. The van der Waals surface area contributed by atoms with Gasteiger partial charge in [-0.2, -0.15) is 11.3 Å². The Labute approximate surface area is 117 Å². The molecule has 0 aliphatic heterocycles. The van der Waals surface area contributed by atoms with Crippen molar-refractivity contribution in [1.82, 2.24) is 5.32 Å². The Morgan fingerprint density at radius 3 is 2.74 bits per heavy atom. The van der Waals surface area contributed by atoms with Crippen LogP contribution in [-0.2, 0) is 11.2 Å². The molecule has 0 spiro atoms. The van der Waals surface area contributed by atoms with Crippen LogP contribution in [0.25, 0.3) is 0 Å². The van der Waals surface area contributed by atoms with Gasteiger partial charge in [-0.1, -0.05) is 30.3 Å². The minimum atomic E-state index is -0.147. The first kappa shape index (κ1) is 13.8. The summed E-state index contributed by atoms with van der Waals surface area (Å²) in [4.78, 5) is 11.7. The number of thiophene rings is 1. The van der Waals surface area contributed by atoms with Gasteiger partial charge in [-0.05, 0) is 34.4 Å². The summed E-state index contributed by atoms with van der Waals surface area (Å²) in [6, 6.07) is 11.7. The average molecular weight is 274 g/mol. The Bertz CT molecular complexity index is 496. The van der Waals surface area contributed by atoms with Crippen LogP contribution in [0, 0.1) is 0 Å². The van der Waals surface area contributed by atoms with Gasteiger partial charge in [0, 0.05) is 19.0 Å². The predicted molar refractivity (Wildman–Crippen MR) is 79.0 cm³/mol. The molecule has 0 aliphatic rings. The van der Waals surface area contributed by atoms with Crippen molar-refractivity contribution in [2.45, 2.75) is 18.9 Å². The fraction of sp³-hybridized carbons (Fsp3) is 0.267. The van der Waals surface area contributed by atoms with Gasteiger partial charge in [-0.25, -0.2) is 0 Å². The zero-order chi connectivity index (χ0) is 13.5. The largest absolute Gasteiger partial charge is 0.354 e. The highest BCUT2D eigenvalue weighted by Gasteiger charge is 2.07. The van der Waals surface area contributed by atoms with E-state index in [9.17, 15) is 4.79 Å². The van der Waals surface area contributed by atoms with Crippen LogP contribution in [0.4, 0.5) is 0 Å². The van der Waals surface area contributed by atoms with E-state index in [0.717, 1.165) is 12.0 Å². The number of rotatable bonds is 6. The van der Waals surface area contributed by atoms with Gasteiger partial charge in [0.15, 0.2) is 0 Å². The van der Waals surface area contributed by atoms with E-state index in [2.05, 4.69) is 10.7 Å². The molecule has 4 heteroatoms. The van der Waals surface area contributed by atoms with Gasteiger partial charge >= 0.3 is 0 Å². The van der Waals surface area contributed by atoms with Crippen molar-refractivity contribution in [3.05, 3.63) is 58.3 Å². The summed E-state index contributed by atoms with van der Waals surface area (Å²) < 4.78 is 0. The third-order valence-electron chi connectivity index (χ3n) is 2.97. The fourth-order valence-electron chi connectivity index (χ4n) is 1.82. The molecule has 1 heterocycles. The summed E-state index contributed by atoms with van der Waals surface area (Å²) in [7, 11) is 0. The summed E-state index contributed by atoms with van der Waals surface area (Å²) in [6.45, 7) is 0.479. The van der Waals surface area contributed by atoms with E-state index < -0.39 is 0 Å². The van der Waals surface area contributed by atoms with E-state index in [1.54, 1.807) is 11.3 Å². The zero-order valence-electron chi connectivity index (χ0n) is 10.7. The monoisotopic (exact) mass is 274 g/mol. The lowest BCUT2D eigenvalue weighted by atomic mass is 10.1. The van der Waals surface area contributed by atoms with E-state index in [1.165, 1.54) is 5.56 Å². The Morgan fingerprint density at radius 2 is 2.05 bits per heavy atom. The molecule has 1 amide bonds. The van der Waals surface area contributed by atoms with Crippen LogP contribution in [0.5, 0.6) is 0 Å². The quantitative estimate of drug-likeness (QED) is 0.850. The predicted octanol–water partition coefficient (Wildman–Crippen LogP) is 2.50. The molecule has 19 heavy (non-hydrogen) atoms. The summed E-state index contributed by atoms with van der Waals surface area (Å²) in [5, 5.41) is 6.98. The molecule has 1 aromatic heterocycles. The maximum atomic E-state index is 11.7. The molecular formula is C15H18N2OS. The standard InChI is InChI=1S/C15H18N2OS/c16-14(13-4-2-1-3-5-13)10-17-15(18)7-6-12-8-9-19-11-12/h1-5,8-9,11,14H,6-7,10,16H2,(H,17,18). The number of hydrogen-bond donors (Lipinski definition) is 2. The van der Waals surface area contributed by atoms with Crippen molar-refractivity contribution in [2.75, 3.05) is 6.54 Å². The van der Waals surface area contributed by atoms with Gasteiger partial charge < -0.3 is 11.1 Å². The lowest BCUT2D eigenvalue weighted by molar-refractivity contribution is -0.121. The summed E-state index contributed by atoms with van der Waals surface area (Å²) in [5.41, 5.74) is 8.28. The lowest BCUT2D eigenvalue weighted by Gasteiger charge is -2.13. The molecule has 100 valence electrons. The zero-order valence-corrected chi connectivity index (χ0v) is 11.5. The number of nitrogens with two attached hydrogens (primary N) is 1. The smallest absolute Gasteiger partial charge is 0.220 e. The van der Waals surface area contributed by atoms with Gasteiger partial charge in [0.25, 0.3) is 0 Å². The number of benzene rings is 1. The maximum absolute atomic E-state index is 11.7. The molecule has 1 unspecified atom stereocenters.